The lowest BCUT2D eigenvalue weighted by Crippen LogP contribution is -2.09. The van der Waals surface area contributed by atoms with Crippen LogP contribution in [0, 0.1) is 0 Å². The molecule has 3 heteroatoms. The van der Waals surface area contributed by atoms with E-state index >= 15 is 0 Å². The Morgan fingerprint density at radius 2 is 2.00 bits per heavy atom. The molecule has 0 rings (SSSR count). The van der Waals surface area contributed by atoms with Crippen LogP contribution in [0.4, 0.5) is 4.39 Å². The van der Waals surface area contributed by atoms with Crippen molar-refractivity contribution >= 4 is 0 Å². The fraction of sp³-hybridized carbons (Fsp3) is 1.00. The molecule has 0 amide bonds. The first-order chi connectivity index (χ1) is 1.73. The lowest BCUT2D eigenvalue weighted by molar-refractivity contribution is 0.0489. The molecule has 4 heavy (non-hydrogen) atoms. The largest absolute Gasteiger partial charge is 0.352 e. The van der Waals surface area contributed by atoms with Crippen LogP contribution in [0.2, 0.25) is 0 Å². The Kier molecular flexibility index (Phi) is 1.16. The van der Waals surface area contributed by atoms with Crippen molar-refractivity contribution in [2.75, 3.05) is 0 Å². The van der Waals surface area contributed by atoms with Crippen LogP contribution in [0.25, 0.3) is 0 Å². The smallest absolute Gasteiger partial charge is 0.250 e. The number of alkyl halides is 1. The number of aliphatic hydroxyl groups is 1. The molecule has 0 aliphatic rings. The quantitative estimate of drug-likeness (QED) is 0.286. The maximum absolute atomic E-state index is 10.3. The van der Waals surface area contributed by atoms with E-state index in [2.05, 4.69) is 5.73 Å². The Hall–Kier alpha value is -0.150. The monoisotopic (exact) mass is 65.0 g/mol. The molecule has 26 valence electrons. The van der Waals surface area contributed by atoms with Gasteiger partial charge >= 0.3 is 0 Å². The summed E-state index contributed by atoms with van der Waals surface area (Å²) in [6.45, 7) is -2.17. The topological polar surface area (TPSA) is 46.2 Å². The molecule has 1 atom stereocenters. The van der Waals surface area contributed by atoms with Gasteiger partial charge in [-0.2, -0.15) is 4.39 Å². The van der Waals surface area contributed by atoms with E-state index in [0.717, 1.165) is 0 Å². The van der Waals surface area contributed by atoms with Crippen LogP contribution in [0.5, 0.6) is 0 Å². The Labute approximate surface area is 23.0 Å². The molecule has 0 heterocycles. The predicted molar refractivity (Wildman–Crippen MR) is 11.3 cm³/mol. The van der Waals surface area contributed by atoms with Gasteiger partial charge < -0.3 is 5.11 Å². The molecular weight excluding hydrogens is 61.0 g/mol. The molecule has 1 unspecified atom stereocenters. The summed E-state index contributed by atoms with van der Waals surface area (Å²) in [6, 6.07) is 0. The van der Waals surface area contributed by atoms with Gasteiger partial charge in [0, 0.05) is 0 Å². The maximum Gasteiger partial charge on any atom is 0.250 e. The lowest BCUT2D eigenvalue weighted by Gasteiger charge is -1.77. The third kappa shape index (κ3) is 59.4. The fourth-order valence-corrected chi connectivity index (χ4v) is 0. The summed E-state index contributed by atoms with van der Waals surface area (Å²) >= 11 is 0. The van der Waals surface area contributed by atoms with Crippen molar-refractivity contribution in [3.63, 3.8) is 0 Å². The van der Waals surface area contributed by atoms with Gasteiger partial charge in [0.05, 0.1) is 0 Å². The minimum atomic E-state index is -2.17. The van der Waals surface area contributed by atoms with Crippen LogP contribution in [0.1, 0.15) is 0 Å². The van der Waals surface area contributed by atoms with Crippen molar-refractivity contribution in [2.45, 2.75) is 6.48 Å². The van der Waals surface area contributed by atoms with Crippen molar-refractivity contribution < 1.29 is 9.50 Å². The first-order valence-corrected chi connectivity index (χ1v) is 0.810. The highest BCUT2D eigenvalue weighted by atomic mass is 19.1. The standard InChI is InChI=1S/CH4FNO/c2-1(3)4/h1,4H,3H2. The molecule has 0 saturated carbocycles. The van der Waals surface area contributed by atoms with E-state index in [-0.39, 0.29) is 0 Å². The Morgan fingerprint density at radius 1 is 2.00 bits per heavy atom. The van der Waals surface area contributed by atoms with Gasteiger partial charge in [-0.15, -0.1) is 0 Å². The normalized spacial score (nSPS) is 15.8. The SMILES string of the molecule is NC(O)F. The van der Waals surface area contributed by atoms with Gasteiger partial charge in [-0.3, -0.25) is 5.73 Å². The summed E-state index contributed by atoms with van der Waals surface area (Å²) in [5, 5.41) is 7.17. The summed E-state index contributed by atoms with van der Waals surface area (Å²) in [4.78, 5) is 0. The zero-order valence-corrected chi connectivity index (χ0v) is 1.98. The van der Waals surface area contributed by atoms with E-state index in [1.807, 2.05) is 0 Å². The molecule has 0 fully saturated rings. The van der Waals surface area contributed by atoms with Crippen LogP contribution in [-0.4, -0.2) is 11.6 Å². The third-order valence-corrected chi connectivity index (χ3v) is 0. The minimum absolute atomic E-state index is 2.17. The lowest BCUT2D eigenvalue weighted by atomic mass is 11.3. The molecular formula is CH4FNO. The molecule has 0 aliphatic heterocycles. The molecule has 3 N–H and O–H groups in total. The average molecular weight is 65.0 g/mol. The van der Waals surface area contributed by atoms with E-state index < -0.39 is 6.48 Å². The second-order valence-electron chi connectivity index (χ2n) is 0.373. The second kappa shape index (κ2) is 1.20. The van der Waals surface area contributed by atoms with E-state index in [0.29, 0.717) is 0 Å². The molecule has 0 aromatic heterocycles. The zero-order valence-electron chi connectivity index (χ0n) is 1.98. The van der Waals surface area contributed by atoms with Gasteiger partial charge in [-0.25, -0.2) is 0 Å². The molecule has 0 aliphatic carbocycles. The number of hydrogen-bond acceptors (Lipinski definition) is 2. The van der Waals surface area contributed by atoms with Crippen molar-refractivity contribution in [2.24, 2.45) is 5.73 Å². The van der Waals surface area contributed by atoms with Crippen LogP contribution >= 0.6 is 0 Å². The van der Waals surface area contributed by atoms with Crippen LogP contribution in [-0.2, 0) is 0 Å². The Bertz CT molecular complexity index is 12.8. The number of hydrogen-bond donors (Lipinski definition) is 2. The first-order valence-electron chi connectivity index (χ1n) is 0.810. The second-order valence-corrected chi connectivity index (χ2v) is 0.373. The van der Waals surface area contributed by atoms with Crippen molar-refractivity contribution in [1.82, 2.24) is 0 Å². The Morgan fingerprint density at radius 3 is 2.00 bits per heavy atom. The Balaban J connectivity index is 2.32. The van der Waals surface area contributed by atoms with E-state index in [1.54, 1.807) is 0 Å². The van der Waals surface area contributed by atoms with E-state index in [9.17, 15) is 4.39 Å². The fourth-order valence-electron chi connectivity index (χ4n) is 0. The first kappa shape index (κ1) is 3.85. The van der Waals surface area contributed by atoms with Crippen molar-refractivity contribution in [1.29, 1.82) is 0 Å². The molecule has 0 bridgehead atoms. The number of aliphatic hydroxyl groups excluding tert-OH is 1. The van der Waals surface area contributed by atoms with Crippen molar-refractivity contribution in [3.8, 4) is 0 Å². The summed E-state index contributed by atoms with van der Waals surface area (Å²) in [5.41, 5.74) is 4.00. The number of nitrogens with two attached hydrogens (primary N) is 1. The summed E-state index contributed by atoms with van der Waals surface area (Å²) < 4.78 is 10.3. The van der Waals surface area contributed by atoms with Crippen molar-refractivity contribution in [3.05, 3.63) is 0 Å². The van der Waals surface area contributed by atoms with Gasteiger partial charge in [-0.05, 0) is 0 Å². The summed E-state index contributed by atoms with van der Waals surface area (Å²) in [7, 11) is 0. The van der Waals surface area contributed by atoms with Gasteiger partial charge in [-0.1, -0.05) is 0 Å². The van der Waals surface area contributed by atoms with Gasteiger partial charge in [0.1, 0.15) is 0 Å². The molecule has 0 aromatic rings. The summed E-state index contributed by atoms with van der Waals surface area (Å²) in [6.07, 6.45) is 0. The zero-order chi connectivity index (χ0) is 3.58. The highest BCUT2D eigenvalue weighted by molar-refractivity contribution is 3.98. The van der Waals surface area contributed by atoms with Crippen LogP contribution < -0.4 is 5.73 Å². The number of halogens is 1. The minimum Gasteiger partial charge on any atom is -0.352 e. The maximum atomic E-state index is 10.3. The number of rotatable bonds is 0. The molecule has 2 nitrogen and oxygen atoms in total. The molecule has 0 radical (unpaired) electrons. The predicted octanol–water partition coefficient (Wildman–Crippen LogP) is -0.810. The molecule has 0 spiro atoms. The van der Waals surface area contributed by atoms with Gasteiger partial charge in [0.2, 0.25) is 0 Å². The third-order valence-electron chi connectivity index (χ3n) is 0. The summed E-state index contributed by atoms with van der Waals surface area (Å²) in [5.74, 6) is 0. The van der Waals surface area contributed by atoms with Crippen LogP contribution in [0.15, 0.2) is 0 Å². The van der Waals surface area contributed by atoms with E-state index in [1.165, 1.54) is 0 Å². The average Bonchev–Trinajstić information content (AvgIpc) is 0.811. The van der Waals surface area contributed by atoms with Gasteiger partial charge in [0.25, 0.3) is 6.48 Å². The highest BCUT2D eigenvalue weighted by Crippen LogP contribution is 1.58. The van der Waals surface area contributed by atoms with Crippen LogP contribution in [0.3, 0.4) is 0 Å². The molecule has 0 saturated heterocycles. The highest BCUT2D eigenvalue weighted by Gasteiger charge is 1.74. The van der Waals surface area contributed by atoms with Gasteiger partial charge in [0.15, 0.2) is 0 Å². The molecule has 0 aromatic carbocycles. The van der Waals surface area contributed by atoms with E-state index in [4.69, 9.17) is 5.11 Å².